The van der Waals surface area contributed by atoms with Crippen molar-refractivity contribution in [1.82, 2.24) is 4.90 Å². The van der Waals surface area contributed by atoms with Gasteiger partial charge in [0.1, 0.15) is 0 Å². The third-order valence-electron chi connectivity index (χ3n) is 3.14. The molecule has 1 heterocycles. The highest BCUT2D eigenvalue weighted by atomic mass is 35.5. The summed E-state index contributed by atoms with van der Waals surface area (Å²) in [5, 5.41) is 9.24. The van der Waals surface area contributed by atoms with Gasteiger partial charge in [0, 0.05) is 23.5 Å². The molecule has 5 heteroatoms. The van der Waals surface area contributed by atoms with Crippen molar-refractivity contribution in [2.24, 2.45) is 5.73 Å². The Morgan fingerprint density at radius 3 is 2.50 bits per heavy atom. The summed E-state index contributed by atoms with van der Waals surface area (Å²) in [4.78, 5) is 3.42. The average Bonchev–Trinajstić information content (AvgIpc) is 2.74. The third kappa shape index (κ3) is 3.93. The number of aliphatic hydroxyl groups excluding tert-OH is 1. The van der Waals surface area contributed by atoms with E-state index in [0.29, 0.717) is 12.6 Å². The number of hydrogen-bond donors (Lipinski definition) is 2. The molecule has 0 saturated heterocycles. The number of rotatable bonds is 7. The second kappa shape index (κ2) is 7.46. The maximum Gasteiger partial charge on any atom is 0.0931 e. The molecule has 0 aliphatic rings. The molecule has 1 rings (SSSR count). The lowest BCUT2D eigenvalue weighted by Gasteiger charge is -2.37. The van der Waals surface area contributed by atoms with Crippen LogP contribution < -0.4 is 5.73 Å². The van der Waals surface area contributed by atoms with Crippen LogP contribution in [-0.4, -0.2) is 35.2 Å². The molecule has 1 aromatic heterocycles. The normalized spacial score (nSPS) is 15.3. The van der Waals surface area contributed by atoms with Crippen LogP contribution in [0.25, 0.3) is 0 Å². The maximum absolute atomic E-state index is 9.24. The maximum atomic E-state index is 9.24. The van der Waals surface area contributed by atoms with Crippen LogP contribution in [0.5, 0.6) is 0 Å². The molecule has 3 N–H and O–H groups in total. The zero-order valence-corrected chi connectivity index (χ0v) is 12.8. The number of thiophene rings is 1. The second-order valence-electron chi connectivity index (χ2n) is 4.71. The minimum absolute atomic E-state index is 0.0497. The van der Waals surface area contributed by atoms with E-state index in [1.807, 2.05) is 12.1 Å². The first-order chi connectivity index (χ1) is 8.51. The Balaban J connectivity index is 3.02. The second-order valence-corrected chi connectivity index (χ2v) is 6.46. The van der Waals surface area contributed by atoms with Gasteiger partial charge in [-0.1, -0.05) is 18.5 Å². The third-order valence-corrected chi connectivity index (χ3v) is 4.44. The van der Waals surface area contributed by atoms with Crippen molar-refractivity contribution >= 4 is 22.9 Å². The largest absolute Gasteiger partial charge is 0.395 e. The Hall–Kier alpha value is -0.130. The van der Waals surface area contributed by atoms with Gasteiger partial charge >= 0.3 is 0 Å². The Labute approximate surface area is 119 Å². The van der Waals surface area contributed by atoms with Gasteiger partial charge in [0.05, 0.1) is 17.0 Å². The molecule has 0 saturated carbocycles. The Kier molecular flexibility index (Phi) is 6.60. The van der Waals surface area contributed by atoms with Gasteiger partial charge in [-0.15, -0.1) is 11.3 Å². The van der Waals surface area contributed by atoms with Crippen LogP contribution in [0.4, 0.5) is 0 Å². The van der Waals surface area contributed by atoms with Gasteiger partial charge in [-0.25, -0.2) is 0 Å². The summed E-state index contributed by atoms with van der Waals surface area (Å²) in [7, 11) is 0. The standard InChI is InChI=1S/C13H23ClN2OS/c1-4-10(15)13(11-5-6-12(14)18-11)16(7-8-17)9(2)3/h5-6,9-10,13,17H,4,7-8,15H2,1-3H3. The lowest BCUT2D eigenvalue weighted by Crippen LogP contribution is -2.45. The number of hydrogen-bond acceptors (Lipinski definition) is 4. The predicted molar refractivity (Wildman–Crippen MR) is 79.3 cm³/mol. The molecular formula is C13H23ClN2OS. The molecule has 0 aromatic carbocycles. The van der Waals surface area contributed by atoms with E-state index in [1.165, 1.54) is 4.88 Å². The molecular weight excluding hydrogens is 268 g/mol. The van der Waals surface area contributed by atoms with E-state index in [4.69, 9.17) is 17.3 Å². The molecule has 3 nitrogen and oxygen atoms in total. The lowest BCUT2D eigenvalue weighted by molar-refractivity contribution is 0.103. The number of nitrogens with zero attached hydrogens (tertiary/aromatic N) is 1. The topological polar surface area (TPSA) is 49.5 Å². The summed E-state index contributed by atoms with van der Waals surface area (Å²) in [5.74, 6) is 0. The lowest BCUT2D eigenvalue weighted by atomic mass is 10.0. The van der Waals surface area contributed by atoms with Gasteiger partial charge in [-0.05, 0) is 32.4 Å². The van der Waals surface area contributed by atoms with Crippen LogP contribution >= 0.6 is 22.9 Å². The highest BCUT2D eigenvalue weighted by Crippen LogP contribution is 2.33. The van der Waals surface area contributed by atoms with Gasteiger partial charge in [0.2, 0.25) is 0 Å². The van der Waals surface area contributed by atoms with Crippen molar-refractivity contribution in [2.75, 3.05) is 13.2 Å². The van der Waals surface area contributed by atoms with Crippen molar-refractivity contribution in [1.29, 1.82) is 0 Å². The van der Waals surface area contributed by atoms with Gasteiger partial charge in [-0.3, -0.25) is 4.90 Å². The molecule has 0 radical (unpaired) electrons. The van der Waals surface area contributed by atoms with Gasteiger partial charge in [0.25, 0.3) is 0 Å². The summed E-state index contributed by atoms with van der Waals surface area (Å²) in [6.45, 7) is 7.11. The molecule has 0 aliphatic heterocycles. The number of aliphatic hydroxyl groups is 1. The van der Waals surface area contributed by atoms with Crippen molar-refractivity contribution in [3.8, 4) is 0 Å². The van der Waals surface area contributed by atoms with Crippen LogP contribution in [-0.2, 0) is 0 Å². The van der Waals surface area contributed by atoms with Gasteiger partial charge < -0.3 is 10.8 Å². The van der Waals surface area contributed by atoms with Crippen LogP contribution in [0.15, 0.2) is 12.1 Å². The summed E-state index contributed by atoms with van der Waals surface area (Å²) < 4.78 is 0.783. The Morgan fingerprint density at radius 1 is 1.44 bits per heavy atom. The highest BCUT2D eigenvalue weighted by Gasteiger charge is 2.28. The quantitative estimate of drug-likeness (QED) is 0.812. The molecule has 0 bridgehead atoms. The van der Waals surface area contributed by atoms with E-state index >= 15 is 0 Å². The van der Waals surface area contributed by atoms with Crippen molar-refractivity contribution in [3.63, 3.8) is 0 Å². The predicted octanol–water partition coefficient (Wildman–Crippen LogP) is 2.88. The molecule has 1 aromatic rings. The SMILES string of the molecule is CCC(N)C(c1ccc(Cl)s1)N(CCO)C(C)C. The van der Waals surface area contributed by atoms with Crippen molar-refractivity contribution in [2.45, 2.75) is 45.3 Å². The van der Waals surface area contributed by atoms with Gasteiger partial charge in [0.15, 0.2) is 0 Å². The molecule has 0 aliphatic carbocycles. The molecule has 0 amide bonds. The fraction of sp³-hybridized carbons (Fsp3) is 0.692. The molecule has 18 heavy (non-hydrogen) atoms. The Bertz CT molecular complexity index is 357. The smallest absolute Gasteiger partial charge is 0.0931 e. The van der Waals surface area contributed by atoms with Crippen LogP contribution in [0.3, 0.4) is 0 Å². The van der Waals surface area contributed by atoms with E-state index in [2.05, 4.69) is 25.7 Å². The van der Waals surface area contributed by atoms with E-state index in [-0.39, 0.29) is 18.7 Å². The van der Waals surface area contributed by atoms with E-state index in [0.717, 1.165) is 10.8 Å². The minimum Gasteiger partial charge on any atom is -0.395 e. The first-order valence-corrected chi connectivity index (χ1v) is 7.58. The van der Waals surface area contributed by atoms with Gasteiger partial charge in [-0.2, -0.15) is 0 Å². The van der Waals surface area contributed by atoms with E-state index < -0.39 is 0 Å². The molecule has 0 fully saturated rings. The minimum atomic E-state index is 0.0497. The monoisotopic (exact) mass is 290 g/mol. The van der Waals surface area contributed by atoms with Crippen LogP contribution in [0, 0.1) is 0 Å². The number of halogens is 1. The number of nitrogens with two attached hydrogens (primary N) is 1. The van der Waals surface area contributed by atoms with Crippen molar-refractivity contribution in [3.05, 3.63) is 21.3 Å². The molecule has 2 atom stereocenters. The summed E-state index contributed by atoms with van der Waals surface area (Å²) in [5.41, 5.74) is 6.27. The fourth-order valence-corrected chi connectivity index (χ4v) is 3.42. The van der Waals surface area contributed by atoms with Crippen molar-refractivity contribution < 1.29 is 5.11 Å². The van der Waals surface area contributed by atoms with E-state index in [9.17, 15) is 5.11 Å². The highest BCUT2D eigenvalue weighted by molar-refractivity contribution is 7.16. The average molecular weight is 291 g/mol. The first-order valence-electron chi connectivity index (χ1n) is 6.38. The summed E-state index contributed by atoms with van der Waals surface area (Å²) in [6, 6.07) is 4.46. The zero-order valence-electron chi connectivity index (χ0n) is 11.3. The summed E-state index contributed by atoms with van der Waals surface area (Å²) in [6.07, 6.45) is 0.898. The Morgan fingerprint density at radius 2 is 2.11 bits per heavy atom. The molecule has 0 spiro atoms. The summed E-state index contributed by atoms with van der Waals surface area (Å²) >= 11 is 7.60. The molecule has 104 valence electrons. The molecule has 2 unspecified atom stereocenters. The van der Waals surface area contributed by atoms with Crippen LogP contribution in [0.2, 0.25) is 4.34 Å². The van der Waals surface area contributed by atoms with Crippen LogP contribution in [0.1, 0.15) is 38.1 Å². The zero-order chi connectivity index (χ0) is 13.7. The van der Waals surface area contributed by atoms with E-state index in [1.54, 1.807) is 11.3 Å². The first kappa shape index (κ1) is 15.9. The fourth-order valence-electron chi connectivity index (χ4n) is 2.16.